The van der Waals surface area contributed by atoms with Crippen molar-refractivity contribution in [2.45, 2.75) is 64.3 Å². The highest BCUT2D eigenvalue weighted by molar-refractivity contribution is 14.0. The molecule has 0 aromatic heterocycles. The maximum absolute atomic E-state index is 13.8. The van der Waals surface area contributed by atoms with Crippen LogP contribution in [0.5, 0.6) is 0 Å². The first-order valence-electron chi connectivity index (χ1n) is 10.2. The Bertz CT molecular complexity index is 637. The predicted octanol–water partition coefficient (Wildman–Crippen LogP) is 3.66. The molecular weight excluding hydrogens is 470 g/mol. The Kier molecular flexibility index (Phi) is 9.94. The fraction of sp³-hybridized carbons (Fsp3) is 0.667. The van der Waals surface area contributed by atoms with Gasteiger partial charge in [0, 0.05) is 44.4 Å². The largest absolute Gasteiger partial charge is 0.380 e. The van der Waals surface area contributed by atoms with Gasteiger partial charge in [-0.2, -0.15) is 0 Å². The monoisotopic (exact) mass is 504 g/mol. The molecule has 1 aliphatic heterocycles. The number of guanidine groups is 1. The van der Waals surface area contributed by atoms with Crippen LogP contribution >= 0.6 is 24.0 Å². The molecule has 3 rings (SSSR count). The van der Waals surface area contributed by atoms with Gasteiger partial charge in [-0.3, -0.25) is 4.90 Å². The van der Waals surface area contributed by atoms with Gasteiger partial charge in [0.1, 0.15) is 5.82 Å². The van der Waals surface area contributed by atoms with Crippen LogP contribution in [0.2, 0.25) is 0 Å². The lowest BCUT2D eigenvalue weighted by molar-refractivity contribution is 0.181. The number of likely N-dealkylation sites (tertiary alicyclic amines) is 1. The Balaban J connectivity index is 0.00000280. The van der Waals surface area contributed by atoms with E-state index in [0.717, 1.165) is 37.1 Å². The van der Waals surface area contributed by atoms with Gasteiger partial charge in [0.2, 0.25) is 0 Å². The standard InChI is InChI=1S/C21H33FN4O.HI/c1-3-23-21(24-13-16-8-9-20(22)17(12-16)15-27-2)25-18-10-11-26(14-18)19-6-4-5-7-19;/h8-9,12,18-19H,3-7,10-11,13-15H2,1-2H3,(H2,23,24,25);1H. The molecule has 28 heavy (non-hydrogen) atoms. The Morgan fingerprint density at radius 2 is 2.07 bits per heavy atom. The van der Waals surface area contributed by atoms with Crippen molar-refractivity contribution >= 4 is 29.9 Å². The van der Waals surface area contributed by atoms with Crippen molar-refractivity contribution in [3.63, 3.8) is 0 Å². The molecule has 2 N–H and O–H groups in total. The van der Waals surface area contributed by atoms with Crippen LogP contribution in [0.25, 0.3) is 0 Å². The fourth-order valence-corrected chi connectivity index (χ4v) is 4.18. The van der Waals surface area contributed by atoms with Crippen LogP contribution in [-0.2, 0) is 17.9 Å². The van der Waals surface area contributed by atoms with Crippen molar-refractivity contribution in [1.29, 1.82) is 0 Å². The lowest BCUT2D eigenvalue weighted by Gasteiger charge is -2.24. The van der Waals surface area contributed by atoms with Crippen LogP contribution in [-0.4, -0.2) is 49.7 Å². The second-order valence-corrected chi connectivity index (χ2v) is 7.62. The average molecular weight is 504 g/mol. The Morgan fingerprint density at radius 3 is 2.79 bits per heavy atom. The zero-order chi connectivity index (χ0) is 19.1. The smallest absolute Gasteiger partial charge is 0.191 e. The van der Waals surface area contributed by atoms with Gasteiger partial charge in [-0.1, -0.05) is 18.9 Å². The highest BCUT2D eigenvalue weighted by Gasteiger charge is 2.30. The van der Waals surface area contributed by atoms with Crippen LogP contribution in [0.3, 0.4) is 0 Å². The second-order valence-electron chi connectivity index (χ2n) is 7.62. The number of hydrogen-bond donors (Lipinski definition) is 2. The normalized spacial score (nSPS) is 21.0. The summed E-state index contributed by atoms with van der Waals surface area (Å²) >= 11 is 0. The molecule has 7 heteroatoms. The fourth-order valence-electron chi connectivity index (χ4n) is 4.18. The number of methoxy groups -OCH3 is 1. The summed E-state index contributed by atoms with van der Waals surface area (Å²) < 4.78 is 18.8. The van der Waals surface area contributed by atoms with E-state index in [0.29, 0.717) is 18.2 Å². The van der Waals surface area contributed by atoms with Crippen LogP contribution in [0.15, 0.2) is 23.2 Å². The molecule has 0 bridgehead atoms. The number of ether oxygens (including phenoxy) is 1. The van der Waals surface area contributed by atoms with Gasteiger partial charge in [0.15, 0.2) is 5.96 Å². The molecule has 0 radical (unpaired) electrons. The molecule has 0 spiro atoms. The zero-order valence-corrected chi connectivity index (χ0v) is 19.4. The Morgan fingerprint density at radius 1 is 1.29 bits per heavy atom. The summed E-state index contributed by atoms with van der Waals surface area (Å²) in [5, 5.41) is 6.93. The lowest BCUT2D eigenvalue weighted by Crippen LogP contribution is -2.45. The van der Waals surface area contributed by atoms with E-state index in [-0.39, 0.29) is 36.4 Å². The molecule has 1 aromatic rings. The summed E-state index contributed by atoms with van der Waals surface area (Å²) in [4.78, 5) is 7.36. The molecule has 1 aromatic carbocycles. The van der Waals surface area contributed by atoms with E-state index in [1.807, 2.05) is 6.07 Å². The van der Waals surface area contributed by atoms with Crippen molar-refractivity contribution in [2.75, 3.05) is 26.7 Å². The third kappa shape index (κ3) is 6.56. The summed E-state index contributed by atoms with van der Waals surface area (Å²) in [5.74, 6) is 0.612. The van der Waals surface area contributed by atoms with Gasteiger partial charge in [0.05, 0.1) is 13.2 Å². The number of nitrogens with zero attached hydrogens (tertiary/aromatic N) is 2. The number of hydrogen-bond acceptors (Lipinski definition) is 3. The number of halogens is 2. The van der Waals surface area contributed by atoms with Crippen molar-refractivity contribution < 1.29 is 9.13 Å². The van der Waals surface area contributed by atoms with Crippen LogP contribution < -0.4 is 10.6 Å². The minimum absolute atomic E-state index is 0. The van der Waals surface area contributed by atoms with Gasteiger partial charge in [-0.05, 0) is 43.9 Å². The molecule has 1 saturated carbocycles. The van der Waals surface area contributed by atoms with Crippen molar-refractivity contribution in [3.8, 4) is 0 Å². The lowest BCUT2D eigenvalue weighted by atomic mass is 10.1. The molecule has 1 heterocycles. The van der Waals surface area contributed by atoms with Gasteiger partial charge in [0.25, 0.3) is 0 Å². The number of aliphatic imine (C=N–C) groups is 1. The first kappa shape index (κ1) is 23.3. The molecule has 0 amide bonds. The summed E-state index contributed by atoms with van der Waals surface area (Å²) in [5.41, 5.74) is 1.56. The van der Waals surface area contributed by atoms with E-state index in [1.165, 1.54) is 38.3 Å². The molecule has 158 valence electrons. The number of rotatable bonds is 7. The zero-order valence-electron chi connectivity index (χ0n) is 17.0. The Labute approximate surface area is 185 Å². The average Bonchev–Trinajstić information content (AvgIpc) is 3.34. The minimum atomic E-state index is -0.229. The quantitative estimate of drug-likeness (QED) is 0.338. The topological polar surface area (TPSA) is 48.9 Å². The summed E-state index contributed by atoms with van der Waals surface area (Å²) in [6.45, 7) is 5.98. The first-order chi connectivity index (χ1) is 13.2. The SMILES string of the molecule is CCNC(=NCc1ccc(F)c(COC)c1)NC1CCN(C2CCCC2)C1.I. The highest BCUT2D eigenvalue weighted by atomic mass is 127. The van der Waals surface area contributed by atoms with E-state index < -0.39 is 0 Å². The predicted molar refractivity (Wildman–Crippen MR) is 123 cm³/mol. The second kappa shape index (κ2) is 11.9. The van der Waals surface area contributed by atoms with E-state index in [9.17, 15) is 4.39 Å². The third-order valence-corrected chi connectivity index (χ3v) is 5.58. The number of benzene rings is 1. The maximum atomic E-state index is 13.8. The molecule has 1 saturated heterocycles. The summed E-state index contributed by atoms with van der Waals surface area (Å²) in [6, 6.07) is 6.36. The van der Waals surface area contributed by atoms with Crippen LogP contribution in [0.1, 0.15) is 50.2 Å². The minimum Gasteiger partial charge on any atom is -0.380 e. The van der Waals surface area contributed by atoms with E-state index in [4.69, 9.17) is 9.73 Å². The molecular formula is C21H34FIN4O. The van der Waals surface area contributed by atoms with Gasteiger partial charge >= 0.3 is 0 Å². The highest BCUT2D eigenvalue weighted by Crippen LogP contribution is 2.26. The number of nitrogens with one attached hydrogen (secondary N) is 2. The van der Waals surface area contributed by atoms with E-state index in [1.54, 1.807) is 13.2 Å². The third-order valence-electron chi connectivity index (χ3n) is 5.58. The molecule has 2 fully saturated rings. The first-order valence-corrected chi connectivity index (χ1v) is 10.2. The van der Waals surface area contributed by atoms with Crippen molar-refractivity contribution in [2.24, 2.45) is 4.99 Å². The molecule has 1 unspecified atom stereocenters. The van der Waals surface area contributed by atoms with E-state index >= 15 is 0 Å². The van der Waals surface area contributed by atoms with Gasteiger partial charge in [-0.25, -0.2) is 9.38 Å². The summed E-state index contributed by atoms with van der Waals surface area (Å²) in [7, 11) is 1.58. The molecule has 5 nitrogen and oxygen atoms in total. The molecule has 2 aliphatic rings. The summed E-state index contributed by atoms with van der Waals surface area (Å²) in [6.07, 6.45) is 6.64. The van der Waals surface area contributed by atoms with Gasteiger partial charge in [-0.15, -0.1) is 24.0 Å². The van der Waals surface area contributed by atoms with Crippen molar-refractivity contribution in [3.05, 3.63) is 35.1 Å². The molecule has 1 atom stereocenters. The Hall–Kier alpha value is -0.930. The van der Waals surface area contributed by atoms with E-state index in [2.05, 4.69) is 22.5 Å². The van der Waals surface area contributed by atoms with Crippen LogP contribution in [0, 0.1) is 5.82 Å². The molecule has 1 aliphatic carbocycles. The van der Waals surface area contributed by atoms with Gasteiger partial charge < -0.3 is 15.4 Å². The maximum Gasteiger partial charge on any atom is 0.191 e. The van der Waals surface area contributed by atoms with Crippen molar-refractivity contribution in [1.82, 2.24) is 15.5 Å². The van der Waals surface area contributed by atoms with Crippen LogP contribution in [0.4, 0.5) is 4.39 Å².